The van der Waals surface area contributed by atoms with Crippen molar-refractivity contribution in [2.45, 2.75) is 24.5 Å². The lowest BCUT2D eigenvalue weighted by atomic mass is 10.2. The summed E-state index contributed by atoms with van der Waals surface area (Å²) < 4.78 is 0.819. The first-order valence-corrected chi connectivity index (χ1v) is 7.76. The van der Waals surface area contributed by atoms with Gasteiger partial charge < -0.3 is 5.32 Å². The zero-order valence-electron chi connectivity index (χ0n) is 9.21. The molecule has 1 aromatic carbocycles. The molecule has 1 N–H and O–H groups in total. The maximum atomic E-state index is 12.0. The van der Waals surface area contributed by atoms with Gasteiger partial charge in [0.2, 0.25) is 5.91 Å². The smallest absolute Gasteiger partial charge is 0.237 e. The minimum absolute atomic E-state index is 0.0892. The second-order valence-electron chi connectivity index (χ2n) is 3.97. The van der Waals surface area contributed by atoms with Crippen molar-refractivity contribution in [2.24, 2.45) is 0 Å². The van der Waals surface area contributed by atoms with E-state index in [0.717, 1.165) is 28.8 Å². The molecule has 1 saturated heterocycles. The number of rotatable bonds is 2. The van der Waals surface area contributed by atoms with Gasteiger partial charge in [0.05, 0.1) is 10.9 Å². The summed E-state index contributed by atoms with van der Waals surface area (Å²) in [5, 5.41) is 3.69. The van der Waals surface area contributed by atoms with Crippen molar-refractivity contribution in [3.63, 3.8) is 0 Å². The van der Waals surface area contributed by atoms with E-state index in [9.17, 15) is 4.79 Å². The van der Waals surface area contributed by atoms with Gasteiger partial charge in [-0.2, -0.15) is 0 Å². The Balaban J connectivity index is 2.02. The Morgan fingerprint density at radius 2 is 2.29 bits per heavy atom. The first-order valence-electron chi connectivity index (χ1n) is 5.54. The van der Waals surface area contributed by atoms with Crippen LogP contribution >= 0.6 is 39.3 Å². The molecule has 0 bridgehead atoms. The quantitative estimate of drug-likeness (QED) is 0.872. The molecule has 5 heteroatoms. The van der Waals surface area contributed by atoms with Crippen LogP contribution in [0.3, 0.4) is 0 Å². The Kier molecular flexibility index (Phi) is 4.77. The van der Waals surface area contributed by atoms with Gasteiger partial charge in [0.1, 0.15) is 0 Å². The number of carbonyl (C=O) groups is 1. The van der Waals surface area contributed by atoms with Crippen molar-refractivity contribution < 1.29 is 4.79 Å². The first-order chi connectivity index (χ1) is 8.16. The van der Waals surface area contributed by atoms with Crippen molar-refractivity contribution in [2.75, 3.05) is 11.1 Å². The maximum Gasteiger partial charge on any atom is 0.237 e. The maximum absolute atomic E-state index is 12.0. The van der Waals surface area contributed by atoms with E-state index in [0.29, 0.717) is 5.02 Å². The van der Waals surface area contributed by atoms with Gasteiger partial charge in [-0.1, -0.05) is 18.0 Å². The van der Waals surface area contributed by atoms with Crippen molar-refractivity contribution in [1.29, 1.82) is 0 Å². The Hall–Kier alpha value is -0.190. The zero-order chi connectivity index (χ0) is 12.3. The monoisotopic (exact) mass is 333 g/mol. The minimum Gasteiger partial charge on any atom is -0.324 e. The van der Waals surface area contributed by atoms with Gasteiger partial charge in [-0.05, 0) is 52.7 Å². The molecule has 1 fully saturated rings. The van der Waals surface area contributed by atoms with Crippen LogP contribution in [0.15, 0.2) is 22.7 Å². The highest BCUT2D eigenvalue weighted by atomic mass is 79.9. The Labute approximate surface area is 119 Å². The van der Waals surface area contributed by atoms with Gasteiger partial charge in [-0.15, -0.1) is 11.8 Å². The molecule has 2 rings (SSSR count). The van der Waals surface area contributed by atoms with E-state index in [2.05, 4.69) is 21.2 Å². The first kappa shape index (κ1) is 13.2. The zero-order valence-corrected chi connectivity index (χ0v) is 12.4. The largest absolute Gasteiger partial charge is 0.324 e. The van der Waals surface area contributed by atoms with Crippen molar-refractivity contribution in [3.05, 3.63) is 27.7 Å². The average molecular weight is 335 g/mol. The highest BCUT2D eigenvalue weighted by Gasteiger charge is 2.22. The molecule has 0 saturated carbocycles. The molecule has 1 unspecified atom stereocenters. The molecule has 1 heterocycles. The Bertz CT molecular complexity index is 421. The predicted octanol–water partition coefficient (Wildman–Crippen LogP) is 4.33. The summed E-state index contributed by atoms with van der Waals surface area (Å²) >= 11 is 11.0. The number of hydrogen-bond acceptors (Lipinski definition) is 2. The van der Waals surface area contributed by atoms with E-state index in [-0.39, 0.29) is 11.2 Å². The highest BCUT2D eigenvalue weighted by molar-refractivity contribution is 9.10. The van der Waals surface area contributed by atoms with Crippen molar-refractivity contribution in [3.8, 4) is 0 Å². The summed E-state index contributed by atoms with van der Waals surface area (Å²) in [7, 11) is 0. The molecule has 1 amide bonds. The van der Waals surface area contributed by atoms with Crippen LogP contribution in [0.2, 0.25) is 5.02 Å². The summed E-state index contributed by atoms with van der Waals surface area (Å²) in [6, 6.07) is 5.37. The van der Waals surface area contributed by atoms with Crippen LogP contribution < -0.4 is 5.32 Å². The van der Waals surface area contributed by atoms with Gasteiger partial charge in [0.25, 0.3) is 0 Å². The van der Waals surface area contributed by atoms with E-state index < -0.39 is 0 Å². The molecule has 1 aliphatic rings. The topological polar surface area (TPSA) is 29.1 Å². The summed E-state index contributed by atoms with van der Waals surface area (Å²) in [5.74, 6) is 1.18. The van der Waals surface area contributed by atoms with Gasteiger partial charge in [0.15, 0.2) is 0 Å². The van der Waals surface area contributed by atoms with Crippen molar-refractivity contribution in [1.82, 2.24) is 0 Å². The normalized spacial score (nSPS) is 20.0. The molecule has 2 nitrogen and oxygen atoms in total. The van der Waals surface area contributed by atoms with E-state index in [1.807, 2.05) is 6.07 Å². The highest BCUT2D eigenvalue weighted by Crippen LogP contribution is 2.29. The molecule has 1 aliphatic heterocycles. The number of anilines is 1. The van der Waals surface area contributed by atoms with Crippen LogP contribution in [-0.4, -0.2) is 16.9 Å². The summed E-state index contributed by atoms with van der Waals surface area (Å²) in [6.45, 7) is 0. The van der Waals surface area contributed by atoms with E-state index >= 15 is 0 Å². The number of benzene rings is 1. The van der Waals surface area contributed by atoms with Gasteiger partial charge in [-0.3, -0.25) is 4.79 Å². The van der Waals surface area contributed by atoms with Crippen LogP contribution in [0.5, 0.6) is 0 Å². The Morgan fingerprint density at radius 1 is 1.47 bits per heavy atom. The fourth-order valence-electron chi connectivity index (χ4n) is 1.75. The molecule has 17 heavy (non-hydrogen) atoms. The number of carbonyl (C=O) groups excluding carboxylic acids is 1. The summed E-state index contributed by atoms with van der Waals surface area (Å²) in [6.07, 6.45) is 3.34. The molecule has 1 atom stereocenters. The molecule has 0 aromatic heterocycles. The molecule has 0 aliphatic carbocycles. The van der Waals surface area contributed by atoms with Crippen LogP contribution in [0.4, 0.5) is 5.69 Å². The molecule has 0 spiro atoms. The second kappa shape index (κ2) is 6.12. The van der Waals surface area contributed by atoms with E-state index in [1.54, 1.807) is 23.9 Å². The standard InChI is InChI=1S/C12H13BrClNOS/c13-9-7-8(14)4-5-10(9)15-12(16)11-3-1-2-6-17-11/h4-5,7,11H,1-3,6H2,(H,15,16). The van der Waals surface area contributed by atoms with Crippen LogP contribution in [0, 0.1) is 0 Å². The van der Waals surface area contributed by atoms with Crippen LogP contribution in [0.25, 0.3) is 0 Å². The number of halogens is 2. The van der Waals surface area contributed by atoms with Gasteiger partial charge in [0, 0.05) is 9.50 Å². The van der Waals surface area contributed by atoms with Gasteiger partial charge >= 0.3 is 0 Å². The number of amides is 1. The second-order valence-corrected chi connectivity index (χ2v) is 6.57. The number of hydrogen-bond donors (Lipinski definition) is 1. The fourth-order valence-corrected chi connectivity index (χ4v) is 3.73. The summed E-state index contributed by atoms with van der Waals surface area (Å²) in [5.41, 5.74) is 0.783. The van der Waals surface area contributed by atoms with E-state index in [4.69, 9.17) is 11.6 Å². The lowest BCUT2D eigenvalue weighted by Gasteiger charge is -2.20. The molecule has 92 valence electrons. The number of thioether (sulfide) groups is 1. The van der Waals surface area contributed by atoms with Crippen LogP contribution in [-0.2, 0) is 4.79 Å². The minimum atomic E-state index is 0.0892. The van der Waals surface area contributed by atoms with E-state index in [1.165, 1.54) is 6.42 Å². The third-order valence-corrected chi connectivity index (χ3v) is 4.93. The van der Waals surface area contributed by atoms with Crippen LogP contribution in [0.1, 0.15) is 19.3 Å². The Morgan fingerprint density at radius 3 is 2.94 bits per heavy atom. The molecule has 1 aromatic rings. The lowest BCUT2D eigenvalue weighted by molar-refractivity contribution is -0.115. The third kappa shape index (κ3) is 3.63. The summed E-state index contributed by atoms with van der Waals surface area (Å²) in [4.78, 5) is 12.0. The SMILES string of the molecule is O=C(Nc1ccc(Cl)cc1Br)C1CCCCS1. The molecular formula is C12H13BrClNOS. The molecule has 0 radical (unpaired) electrons. The lowest BCUT2D eigenvalue weighted by Crippen LogP contribution is -2.27. The third-order valence-electron chi connectivity index (χ3n) is 2.66. The van der Waals surface area contributed by atoms with Crippen molar-refractivity contribution >= 4 is 50.9 Å². The fraction of sp³-hybridized carbons (Fsp3) is 0.417. The number of nitrogens with one attached hydrogen (secondary N) is 1. The van der Waals surface area contributed by atoms with Gasteiger partial charge in [-0.25, -0.2) is 0 Å². The molecular weight excluding hydrogens is 322 g/mol. The average Bonchev–Trinajstić information content (AvgIpc) is 2.34. The predicted molar refractivity (Wildman–Crippen MR) is 77.9 cm³/mol.